The lowest BCUT2D eigenvalue weighted by Gasteiger charge is -2.09. The van der Waals surface area contributed by atoms with Gasteiger partial charge in [0.25, 0.3) is 0 Å². The van der Waals surface area contributed by atoms with Crippen LogP contribution in [0, 0.1) is 0 Å². The average Bonchev–Trinajstić information content (AvgIpc) is 2.17. The summed E-state index contributed by atoms with van der Waals surface area (Å²) in [5.74, 6) is 0.918. The molecule has 0 N–H and O–H groups in total. The zero-order valence-electron chi connectivity index (χ0n) is 8.22. The Hall–Kier alpha value is -0.210. The molecular formula is C11H14BrClO. The van der Waals surface area contributed by atoms with Crippen LogP contribution in [0.1, 0.15) is 18.9 Å². The minimum atomic E-state index is 0.682. The molecule has 1 rings (SSSR count). The first-order valence-corrected chi connectivity index (χ1v) is 6.25. The molecule has 0 saturated carbocycles. The second kappa shape index (κ2) is 6.31. The molecule has 14 heavy (non-hydrogen) atoms. The van der Waals surface area contributed by atoms with Crippen molar-refractivity contribution in [1.82, 2.24) is 0 Å². The molecule has 0 spiro atoms. The maximum absolute atomic E-state index is 5.90. The number of hydrogen-bond acceptors (Lipinski definition) is 1. The third-order valence-corrected chi connectivity index (χ3v) is 2.70. The third kappa shape index (κ3) is 3.50. The van der Waals surface area contributed by atoms with Crippen LogP contribution < -0.4 is 4.74 Å². The van der Waals surface area contributed by atoms with Gasteiger partial charge in [0.1, 0.15) is 5.75 Å². The van der Waals surface area contributed by atoms with Gasteiger partial charge >= 0.3 is 0 Å². The second-order valence-corrected chi connectivity index (χ2v) is 4.21. The SMILES string of the molecule is CCOc1cc(Cl)ccc1CCCBr. The Kier molecular flexibility index (Phi) is 5.34. The predicted molar refractivity (Wildman–Crippen MR) is 64.7 cm³/mol. The molecule has 0 bridgehead atoms. The van der Waals surface area contributed by atoms with Crippen LogP contribution in [0.2, 0.25) is 5.02 Å². The molecule has 0 aliphatic carbocycles. The first-order valence-electron chi connectivity index (χ1n) is 4.75. The maximum Gasteiger partial charge on any atom is 0.123 e. The van der Waals surface area contributed by atoms with Crippen molar-refractivity contribution in [3.05, 3.63) is 28.8 Å². The van der Waals surface area contributed by atoms with Gasteiger partial charge in [0.05, 0.1) is 6.61 Å². The Balaban J connectivity index is 2.78. The average molecular weight is 278 g/mol. The van der Waals surface area contributed by atoms with Crippen molar-refractivity contribution in [2.24, 2.45) is 0 Å². The molecule has 0 saturated heterocycles. The summed E-state index contributed by atoms with van der Waals surface area (Å²) < 4.78 is 5.52. The Labute approximate surface area is 98.5 Å². The number of ether oxygens (including phenoxy) is 1. The van der Waals surface area contributed by atoms with E-state index in [9.17, 15) is 0 Å². The van der Waals surface area contributed by atoms with Gasteiger partial charge in [-0.2, -0.15) is 0 Å². The fraction of sp³-hybridized carbons (Fsp3) is 0.455. The topological polar surface area (TPSA) is 9.23 Å². The van der Waals surface area contributed by atoms with Crippen molar-refractivity contribution >= 4 is 27.5 Å². The minimum Gasteiger partial charge on any atom is -0.494 e. The van der Waals surface area contributed by atoms with Crippen molar-refractivity contribution in [1.29, 1.82) is 0 Å². The van der Waals surface area contributed by atoms with E-state index in [4.69, 9.17) is 16.3 Å². The van der Waals surface area contributed by atoms with E-state index < -0.39 is 0 Å². The van der Waals surface area contributed by atoms with Gasteiger partial charge in [-0.25, -0.2) is 0 Å². The molecule has 1 aromatic carbocycles. The van der Waals surface area contributed by atoms with E-state index in [0.29, 0.717) is 6.61 Å². The van der Waals surface area contributed by atoms with E-state index in [-0.39, 0.29) is 0 Å². The van der Waals surface area contributed by atoms with Crippen molar-refractivity contribution < 1.29 is 4.74 Å². The number of benzene rings is 1. The highest BCUT2D eigenvalue weighted by atomic mass is 79.9. The van der Waals surface area contributed by atoms with E-state index in [0.717, 1.165) is 28.9 Å². The fourth-order valence-corrected chi connectivity index (χ4v) is 1.72. The van der Waals surface area contributed by atoms with E-state index >= 15 is 0 Å². The summed E-state index contributed by atoms with van der Waals surface area (Å²) in [5, 5.41) is 1.75. The molecule has 0 radical (unpaired) electrons. The van der Waals surface area contributed by atoms with Gasteiger partial charge in [0.2, 0.25) is 0 Å². The van der Waals surface area contributed by atoms with Crippen LogP contribution in [0.5, 0.6) is 5.75 Å². The van der Waals surface area contributed by atoms with Gasteiger partial charge in [-0.15, -0.1) is 0 Å². The molecule has 0 aromatic heterocycles. The number of hydrogen-bond donors (Lipinski definition) is 0. The summed E-state index contributed by atoms with van der Waals surface area (Å²) in [6.45, 7) is 2.66. The first kappa shape index (κ1) is 11.9. The normalized spacial score (nSPS) is 10.2. The number of halogens is 2. The molecule has 0 amide bonds. The van der Waals surface area contributed by atoms with E-state index in [1.54, 1.807) is 0 Å². The first-order chi connectivity index (χ1) is 6.77. The Morgan fingerprint density at radius 2 is 2.21 bits per heavy atom. The third-order valence-electron chi connectivity index (χ3n) is 1.91. The molecular weight excluding hydrogens is 263 g/mol. The molecule has 0 aliphatic rings. The monoisotopic (exact) mass is 276 g/mol. The van der Waals surface area contributed by atoms with Gasteiger partial charge in [0, 0.05) is 10.4 Å². The van der Waals surface area contributed by atoms with Crippen molar-refractivity contribution in [3.63, 3.8) is 0 Å². The van der Waals surface area contributed by atoms with Crippen LogP contribution in [0.15, 0.2) is 18.2 Å². The summed E-state index contributed by atoms with van der Waals surface area (Å²) in [4.78, 5) is 0. The van der Waals surface area contributed by atoms with Crippen molar-refractivity contribution in [3.8, 4) is 5.75 Å². The summed E-state index contributed by atoms with van der Waals surface area (Å²) in [6, 6.07) is 5.83. The highest BCUT2D eigenvalue weighted by molar-refractivity contribution is 9.09. The molecule has 3 heteroatoms. The largest absolute Gasteiger partial charge is 0.494 e. The summed E-state index contributed by atoms with van der Waals surface area (Å²) in [6.07, 6.45) is 2.14. The second-order valence-electron chi connectivity index (χ2n) is 2.98. The van der Waals surface area contributed by atoms with Crippen molar-refractivity contribution in [2.75, 3.05) is 11.9 Å². The van der Waals surface area contributed by atoms with E-state index in [1.165, 1.54) is 5.56 Å². The van der Waals surface area contributed by atoms with E-state index in [1.807, 2.05) is 25.1 Å². The van der Waals surface area contributed by atoms with Crippen LogP contribution in [0.25, 0.3) is 0 Å². The van der Waals surface area contributed by atoms with Gasteiger partial charge in [-0.3, -0.25) is 0 Å². The van der Waals surface area contributed by atoms with E-state index in [2.05, 4.69) is 15.9 Å². The Morgan fingerprint density at radius 3 is 2.86 bits per heavy atom. The summed E-state index contributed by atoms with van der Waals surface area (Å²) in [5.41, 5.74) is 1.23. The summed E-state index contributed by atoms with van der Waals surface area (Å²) in [7, 11) is 0. The summed E-state index contributed by atoms with van der Waals surface area (Å²) >= 11 is 9.32. The van der Waals surface area contributed by atoms with Gasteiger partial charge in [-0.1, -0.05) is 33.6 Å². The van der Waals surface area contributed by atoms with Crippen LogP contribution in [0.3, 0.4) is 0 Å². The van der Waals surface area contributed by atoms with Gasteiger partial charge in [-0.05, 0) is 37.5 Å². The highest BCUT2D eigenvalue weighted by Crippen LogP contribution is 2.24. The van der Waals surface area contributed by atoms with Gasteiger partial charge < -0.3 is 4.74 Å². The number of aryl methyl sites for hydroxylation is 1. The standard InChI is InChI=1S/C11H14BrClO/c1-2-14-11-8-10(13)6-5-9(11)4-3-7-12/h5-6,8H,2-4,7H2,1H3. The molecule has 1 nitrogen and oxygen atoms in total. The minimum absolute atomic E-state index is 0.682. The Bertz CT molecular complexity index is 289. The van der Waals surface area contributed by atoms with Gasteiger partial charge in [0.15, 0.2) is 0 Å². The van der Waals surface area contributed by atoms with Crippen molar-refractivity contribution in [2.45, 2.75) is 19.8 Å². The number of alkyl halides is 1. The molecule has 0 unspecified atom stereocenters. The Morgan fingerprint density at radius 1 is 1.43 bits per heavy atom. The predicted octanol–water partition coefficient (Wildman–Crippen LogP) is 4.07. The zero-order chi connectivity index (χ0) is 10.4. The quantitative estimate of drug-likeness (QED) is 0.737. The van der Waals surface area contributed by atoms with Crippen LogP contribution in [-0.2, 0) is 6.42 Å². The molecule has 78 valence electrons. The lowest BCUT2D eigenvalue weighted by molar-refractivity contribution is 0.336. The molecule has 0 fully saturated rings. The smallest absolute Gasteiger partial charge is 0.123 e. The number of rotatable bonds is 5. The molecule has 0 aliphatic heterocycles. The fourth-order valence-electron chi connectivity index (χ4n) is 1.28. The maximum atomic E-state index is 5.90. The molecule has 1 aromatic rings. The lowest BCUT2D eigenvalue weighted by atomic mass is 10.1. The van der Waals surface area contributed by atoms with Crippen LogP contribution >= 0.6 is 27.5 Å². The molecule has 0 heterocycles. The molecule has 0 atom stereocenters. The zero-order valence-corrected chi connectivity index (χ0v) is 10.6. The lowest BCUT2D eigenvalue weighted by Crippen LogP contribution is -1.97. The van der Waals surface area contributed by atoms with Crippen LogP contribution in [-0.4, -0.2) is 11.9 Å². The van der Waals surface area contributed by atoms with Crippen LogP contribution in [0.4, 0.5) is 0 Å². The highest BCUT2D eigenvalue weighted by Gasteiger charge is 2.03.